The molecule has 8 heteroatoms. The predicted molar refractivity (Wildman–Crippen MR) is 64.9 cm³/mol. The summed E-state index contributed by atoms with van der Waals surface area (Å²) in [6, 6.07) is 2.82. The Bertz CT molecular complexity index is 632. The average Bonchev–Trinajstić information content (AvgIpc) is 2.73. The summed E-state index contributed by atoms with van der Waals surface area (Å²) in [7, 11) is 1.19. The number of benzene rings is 1. The molecule has 19 heavy (non-hydrogen) atoms. The summed E-state index contributed by atoms with van der Waals surface area (Å²) in [5.74, 6) is -2.50. The molecular weight excluding hydrogens is 300 g/mol. The van der Waals surface area contributed by atoms with Crippen LogP contribution >= 0.6 is 22.9 Å². The maximum absolute atomic E-state index is 13.4. The molecular formula is C11H6ClF2NO3S. The van der Waals surface area contributed by atoms with Crippen LogP contribution in [0.2, 0.25) is 5.15 Å². The molecule has 0 radical (unpaired) electrons. The number of thiazole rings is 1. The zero-order valence-electron chi connectivity index (χ0n) is 9.45. The van der Waals surface area contributed by atoms with E-state index in [-0.39, 0.29) is 21.0 Å². The van der Waals surface area contributed by atoms with Crippen LogP contribution in [0.3, 0.4) is 0 Å². The van der Waals surface area contributed by atoms with Gasteiger partial charge in [-0.3, -0.25) is 0 Å². The number of aromatic nitrogens is 1. The highest BCUT2D eigenvalue weighted by molar-refractivity contribution is 7.15. The first-order valence-corrected chi connectivity index (χ1v) is 6.08. The van der Waals surface area contributed by atoms with Gasteiger partial charge >= 0.3 is 5.97 Å². The van der Waals surface area contributed by atoms with Crippen LogP contribution in [-0.4, -0.2) is 18.1 Å². The lowest BCUT2D eigenvalue weighted by Crippen LogP contribution is -1.98. The van der Waals surface area contributed by atoms with Crippen LogP contribution in [0, 0.1) is 11.6 Å². The van der Waals surface area contributed by atoms with Crippen molar-refractivity contribution < 1.29 is 23.0 Å². The molecule has 100 valence electrons. The number of methoxy groups -OCH3 is 1. The quantitative estimate of drug-likeness (QED) is 0.812. The molecule has 0 aliphatic heterocycles. The van der Waals surface area contributed by atoms with Gasteiger partial charge in [0.25, 0.3) is 5.19 Å². The first-order valence-electron chi connectivity index (χ1n) is 4.89. The Morgan fingerprint density at radius 1 is 1.42 bits per heavy atom. The summed E-state index contributed by atoms with van der Waals surface area (Å²) >= 11 is 6.51. The van der Waals surface area contributed by atoms with E-state index in [2.05, 4.69) is 9.72 Å². The fourth-order valence-electron chi connectivity index (χ4n) is 1.20. The summed E-state index contributed by atoms with van der Waals surface area (Å²) in [4.78, 5) is 15.1. The molecule has 2 aromatic rings. The first kappa shape index (κ1) is 13.7. The number of ether oxygens (including phenoxy) is 2. The van der Waals surface area contributed by atoms with E-state index in [1.165, 1.54) is 7.11 Å². The minimum Gasteiger partial charge on any atom is -0.465 e. The summed E-state index contributed by atoms with van der Waals surface area (Å²) in [5.41, 5.74) is 0. The molecule has 0 spiro atoms. The predicted octanol–water partition coefficient (Wildman–Crippen LogP) is 3.65. The number of rotatable bonds is 3. The maximum Gasteiger partial charge on any atom is 0.351 e. The normalized spacial score (nSPS) is 10.3. The van der Waals surface area contributed by atoms with Gasteiger partial charge in [0.1, 0.15) is 5.82 Å². The molecule has 0 saturated heterocycles. The summed E-state index contributed by atoms with van der Waals surface area (Å²) in [5, 5.41) is -0.148. The smallest absolute Gasteiger partial charge is 0.351 e. The molecule has 1 aromatic carbocycles. The van der Waals surface area contributed by atoms with Crippen molar-refractivity contribution in [3.05, 3.63) is 39.9 Å². The van der Waals surface area contributed by atoms with Gasteiger partial charge in [0.05, 0.1) is 7.11 Å². The second-order valence-electron chi connectivity index (χ2n) is 3.27. The SMILES string of the molecule is COC(=O)c1sc(Oc2ccc(F)cc2F)nc1Cl. The Morgan fingerprint density at radius 3 is 2.79 bits per heavy atom. The largest absolute Gasteiger partial charge is 0.465 e. The molecule has 0 N–H and O–H groups in total. The third-order valence-corrected chi connectivity index (χ3v) is 3.33. The Morgan fingerprint density at radius 2 is 2.16 bits per heavy atom. The van der Waals surface area contributed by atoms with Crippen molar-refractivity contribution in [2.45, 2.75) is 0 Å². The Labute approximate surface area is 115 Å². The van der Waals surface area contributed by atoms with Crippen molar-refractivity contribution in [1.29, 1.82) is 0 Å². The van der Waals surface area contributed by atoms with Crippen LogP contribution < -0.4 is 4.74 Å². The summed E-state index contributed by atoms with van der Waals surface area (Å²) in [6.07, 6.45) is 0. The van der Waals surface area contributed by atoms with Gasteiger partial charge in [0.15, 0.2) is 21.6 Å². The molecule has 4 nitrogen and oxygen atoms in total. The average molecular weight is 306 g/mol. The van der Waals surface area contributed by atoms with E-state index in [1.807, 2.05) is 0 Å². The number of nitrogens with zero attached hydrogens (tertiary/aromatic N) is 1. The highest BCUT2D eigenvalue weighted by Gasteiger charge is 2.19. The minimum absolute atomic E-state index is 0.0432. The van der Waals surface area contributed by atoms with Gasteiger partial charge in [-0.2, -0.15) is 4.98 Å². The third kappa shape index (κ3) is 2.99. The highest BCUT2D eigenvalue weighted by atomic mass is 35.5. The zero-order valence-corrected chi connectivity index (χ0v) is 11.0. The van der Waals surface area contributed by atoms with E-state index in [1.54, 1.807) is 0 Å². The maximum atomic E-state index is 13.4. The van der Waals surface area contributed by atoms with E-state index in [0.717, 1.165) is 23.5 Å². The van der Waals surface area contributed by atoms with Gasteiger partial charge in [-0.05, 0) is 12.1 Å². The topological polar surface area (TPSA) is 48.4 Å². The standard InChI is InChI=1S/C11H6ClF2NO3S/c1-17-10(16)8-9(12)15-11(19-8)18-7-3-2-5(13)4-6(7)14/h2-4H,1H3. The molecule has 0 atom stereocenters. The minimum atomic E-state index is -0.883. The van der Waals surface area contributed by atoms with Crippen LogP contribution in [0.4, 0.5) is 8.78 Å². The van der Waals surface area contributed by atoms with Crippen molar-refractivity contribution in [2.24, 2.45) is 0 Å². The monoisotopic (exact) mass is 305 g/mol. The van der Waals surface area contributed by atoms with Crippen LogP contribution in [0.5, 0.6) is 10.9 Å². The zero-order chi connectivity index (χ0) is 14.0. The lowest BCUT2D eigenvalue weighted by Gasteiger charge is -2.02. The van der Waals surface area contributed by atoms with Gasteiger partial charge in [-0.1, -0.05) is 22.9 Å². The lowest BCUT2D eigenvalue weighted by atomic mass is 10.3. The Hall–Kier alpha value is -1.73. The molecule has 0 fully saturated rings. The number of halogens is 3. The lowest BCUT2D eigenvalue weighted by molar-refractivity contribution is 0.0606. The third-order valence-electron chi connectivity index (χ3n) is 2.03. The van der Waals surface area contributed by atoms with Crippen molar-refractivity contribution in [1.82, 2.24) is 4.98 Å². The first-order chi connectivity index (χ1) is 9.01. The van der Waals surface area contributed by atoms with E-state index in [0.29, 0.717) is 6.07 Å². The van der Waals surface area contributed by atoms with E-state index in [9.17, 15) is 13.6 Å². The molecule has 2 rings (SSSR count). The van der Waals surface area contributed by atoms with Crippen molar-refractivity contribution >= 4 is 28.9 Å². The van der Waals surface area contributed by atoms with Gasteiger partial charge in [-0.15, -0.1) is 0 Å². The molecule has 0 saturated carbocycles. The second-order valence-corrected chi connectivity index (χ2v) is 4.59. The van der Waals surface area contributed by atoms with E-state index < -0.39 is 17.6 Å². The van der Waals surface area contributed by atoms with Crippen molar-refractivity contribution in [2.75, 3.05) is 7.11 Å². The van der Waals surface area contributed by atoms with Crippen LogP contribution in [0.25, 0.3) is 0 Å². The highest BCUT2D eigenvalue weighted by Crippen LogP contribution is 2.33. The number of hydrogen-bond acceptors (Lipinski definition) is 5. The Balaban J connectivity index is 2.26. The summed E-state index contributed by atoms with van der Waals surface area (Å²) < 4.78 is 35.7. The molecule has 0 unspecified atom stereocenters. The number of esters is 1. The molecule has 0 bridgehead atoms. The number of carbonyl (C=O) groups is 1. The second kappa shape index (κ2) is 5.50. The molecule has 0 amide bonds. The van der Waals surface area contributed by atoms with Gasteiger partial charge in [-0.25, -0.2) is 13.6 Å². The molecule has 0 aliphatic rings. The molecule has 1 aromatic heterocycles. The van der Waals surface area contributed by atoms with Crippen molar-refractivity contribution in [3.63, 3.8) is 0 Å². The Kier molecular flexibility index (Phi) is 3.96. The van der Waals surface area contributed by atoms with Crippen LogP contribution in [0.1, 0.15) is 9.67 Å². The fourth-order valence-corrected chi connectivity index (χ4v) is 2.26. The van der Waals surface area contributed by atoms with Gasteiger partial charge in [0.2, 0.25) is 0 Å². The number of hydrogen-bond donors (Lipinski definition) is 0. The fraction of sp³-hybridized carbons (Fsp3) is 0.0909. The van der Waals surface area contributed by atoms with E-state index >= 15 is 0 Å². The molecule has 1 heterocycles. The van der Waals surface area contributed by atoms with Crippen LogP contribution in [-0.2, 0) is 4.74 Å². The number of carbonyl (C=O) groups excluding carboxylic acids is 1. The van der Waals surface area contributed by atoms with Gasteiger partial charge < -0.3 is 9.47 Å². The van der Waals surface area contributed by atoms with E-state index in [4.69, 9.17) is 16.3 Å². The summed E-state index contributed by atoms with van der Waals surface area (Å²) in [6.45, 7) is 0. The molecule has 0 aliphatic carbocycles. The van der Waals surface area contributed by atoms with Gasteiger partial charge in [0, 0.05) is 6.07 Å². The van der Waals surface area contributed by atoms with Crippen LogP contribution in [0.15, 0.2) is 18.2 Å². The van der Waals surface area contributed by atoms with Crippen molar-refractivity contribution in [3.8, 4) is 10.9 Å².